The second-order valence-electron chi connectivity index (χ2n) is 16.4. The Morgan fingerprint density at radius 2 is 0.885 bits per heavy atom. The van der Waals surface area contributed by atoms with Gasteiger partial charge in [-0.2, -0.15) is 30.0 Å². The van der Waals surface area contributed by atoms with E-state index < -0.39 is 18.9 Å². The Morgan fingerprint density at radius 1 is 0.596 bits per heavy atom. The van der Waals surface area contributed by atoms with Gasteiger partial charge in [-0.15, -0.1) is 39.7 Å². The van der Waals surface area contributed by atoms with Crippen LogP contribution in [0.4, 0.5) is 0 Å². The minimum absolute atomic E-state index is 0.0483. The van der Waals surface area contributed by atoms with E-state index in [0.29, 0.717) is 11.8 Å². The molecule has 0 N–H and O–H groups in total. The molecule has 0 saturated carbocycles. The predicted molar refractivity (Wildman–Crippen MR) is 236 cm³/mol. The molecule has 6 aromatic rings. The van der Waals surface area contributed by atoms with Crippen molar-refractivity contribution >= 4 is 42.8 Å². The van der Waals surface area contributed by atoms with Crippen molar-refractivity contribution in [2.45, 2.75) is 93.9 Å². The third kappa shape index (κ3) is 15.0. The second-order valence-corrected chi connectivity index (χ2v) is 24.6. The van der Waals surface area contributed by atoms with Crippen molar-refractivity contribution in [2.24, 2.45) is 11.8 Å². The molecule has 0 aromatic heterocycles. The summed E-state index contributed by atoms with van der Waals surface area (Å²) in [6.07, 6.45) is 0. The van der Waals surface area contributed by atoms with Crippen LogP contribution in [0.25, 0.3) is 43.8 Å². The molecular formula is C49H62Cl2Zr-4. The van der Waals surface area contributed by atoms with E-state index in [-0.39, 0.29) is 10.8 Å². The van der Waals surface area contributed by atoms with Crippen LogP contribution in [0.15, 0.2) is 109 Å². The number of fused-ring (bicyclic) bond motifs is 3. The van der Waals surface area contributed by atoms with Gasteiger partial charge in [-0.1, -0.05) is 141 Å². The van der Waals surface area contributed by atoms with Gasteiger partial charge in [0.05, 0.1) is 0 Å². The van der Waals surface area contributed by atoms with Crippen molar-refractivity contribution in [2.75, 3.05) is 0 Å². The van der Waals surface area contributed by atoms with E-state index in [1.165, 1.54) is 66.1 Å². The van der Waals surface area contributed by atoms with Crippen molar-refractivity contribution in [3.63, 3.8) is 0 Å². The number of benzene rings is 4. The minimum atomic E-state index is -1.85. The molecule has 3 heteroatoms. The van der Waals surface area contributed by atoms with E-state index >= 15 is 0 Å². The molecule has 0 amide bonds. The summed E-state index contributed by atoms with van der Waals surface area (Å²) in [7, 11) is 10.3. The Labute approximate surface area is 332 Å². The first-order valence-corrected chi connectivity index (χ1v) is 26.4. The van der Waals surface area contributed by atoms with Crippen LogP contribution in [0.2, 0.25) is 0 Å². The maximum Gasteiger partial charge on any atom is -0.172 e. The van der Waals surface area contributed by atoms with Crippen LogP contribution in [0.3, 0.4) is 0 Å². The van der Waals surface area contributed by atoms with Gasteiger partial charge in [0.1, 0.15) is 0 Å². The van der Waals surface area contributed by atoms with Crippen molar-refractivity contribution in [3.05, 3.63) is 145 Å². The Kier molecular flexibility index (Phi) is 18.2. The van der Waals surface area contributed by atoms with Crippen LogP contribution >= 0.6 is 17.0 Å². The number of rotatable bonds is 2. The van der Waals surface area contributed by atoms with Crippen LogP contribution in [0.5, 0.6) is 0 Å². The number of aryl methyl sites for hydroxylation is 2. The molecule has 0 aliphatic carbocycles. The normalized spacial score (nSPS) is 11.1. The van der Waals surface area contributed by atoms with E-state index in [0.717, 1.165) is 0 Å². The topological polar surface area (TPSA) is 0 Å². The molecule has 0 bridgehead atoms. The van der Waals surface area contributed by atoms with Crippen LogP contribution in [0, 0.1) is 39.5 Å². The summed E-state index contributed by atoms with van der Waals surface area (Å²) in [5.41, 5.74) is 10.8. The van der Waals surface area contributed by atoms with E-state index in [9.17, 15) is 0 Å². The molecule has 0 aliphatic heterocycles. The number of hydrogen-bond acceptors (Lipinski definition) is 0. The molecule has 0 unspecified atom stereocenters. The summed E-state index contributed by atoms with van der Waals surface area (Å²) in [6.45, 7) is 33.8. The maximum atomic E-state index is 5.13. The minimum Gasteiger partial charge on any atom is -0.214 e. The van der Waals surface area contributed by atoms with Crippen LogP contribution < -0.4 is 0 Å². The monoisotopic (exact) mass is 810 g/mol. The first-order chi connectivity index (χ1) is 24.1. The second kappa shape index (κ2) is 20.8. The molecule has 0 aliphatic rings. The molecule has 6 rings (SSSR count). The fraction of sp³-hybridized carbons (Fsp3) is 0.327. The smallest absolute Gasteiger partial charge is 0.172 e. The van der Waals surface area contributed by atoms with E-state index in [1.807, 2.05) is 30.3 Å². The third-order valence-electron chi connectivity index (χ3n) is 7.88. The van der Waals surface area contributed by atoms with Gasteiger partial charge in [0.2, 0.25) is 0 Å². The van der Waals surface area contributed by atoms with Crippen molar-refractivity contribution in [3.8, 4) is 22.3 Å². The molecular weight excluding hydrogens is 751 g/mol. The number of halogens is 2. The molecule has 6 aromatic carbocycles. The summed E-state index contributed by atoms with van der Waals surface area (Å²) >= 11 is -1.85. The van der Waals surface area contributed by atoms with Gasteiger partial charge in [-0.3, -0.25) is 0 Å². The SMILES string of the molecule is Cc1ccc(-c2cc3[cH-]c4cc(-c5ccc(C)cc5)c(C(C)(C)C)cc4c3cc2C(C)(C)C)cc1.[CH2-]C(C)C.[CH2-]C(C)C.[CH2]=[Zr]([Cl])[Cl].c1cc[cH-]c1. The summed E-state index contributed by atoms with van der Waals surface area (Å²) in [5, 5.41) is 5.37. The summed E-state index contributed by atoms with van der Waals surface area (Å²) < 4.78 is 3.37. The molecule has 52 heavy (non-hydrogen) atoms. The fourth-order valence-corrected chi connectivity index (χ4v) is 5.61. The first kappa shape index (κ1) is 45.6. The summed E-state index contributed by atoms with van der Waals surface area (Å²) in [6, 6.07) is 40.1. The zero-order chi connectivity index (χ0) is 39.4. The van der Waals surface area contributed by atoms with E-state index in [1.54, 1.807) is 0 Å². The van der Waals surface area contributed by atoms with Gasteiger partial charge in [-0.25, -0.2) is 12.1 Å². The molecule has 0 spiro atoms. The Bertz CT molecular complexity index is 1790. The molecule has 280 valence electrons. The Hall–Kier alpha value is -2.57. The molecule has 0 saturated heterocycles. The van der Waals surface area contributed by atoms with Crippen molar-refractivity contribution < 1.29 is 18.9 Å². The summed E-state index contributed by atoms with van der Waals surface area (Å²) in [4.78, 5) is 0. The molecule has 0 nitrogen and oxygen atoms in total. The van der Waals surface area contributed by atoms with Gasteiger partial charge in [-0.05, 0) is 58.1 Å². The van der Waals surface area contributed by atoms with Gasteiger partial charge in [0, 0.05) is 0 Å². The van der Waals surface area contributed by atoms with Crippen molar-refractivity contribution in [1.82, 2.24) is 0 Å². The zero-order valence-corrected chi connectivity index (χ0v) is 37.9. The Morgan fingerprint density at radius 3 is 1.12 bits per heavy atom. The predicted octanol–water partition coefficient (Wildman–Crippen LogP) is 16.0. The molecule has 0 radical (unpaired) electrons. The first-order valence-electron chi connectivity index (χ1n) is 18.3. The molecule has 0 fully saturated rings. The van der Waals surface area contributed by atoms with Crippen LogP contribution in [-0.4, -0.2) is 4.21 Å². The number of hydrogen-bond donors (Lipinski definition) is 0. The van der Waals surface area contributed by atoms with Gasteiger partial charge >= 0.3 is 40.1 Å². The van der Waals surface area contributed by atoms with Crippen LogP contribution in [0.1, 0.15) is 91.5 Å². The third-order valence-corrected chi connectivity index (χ3v) is 7.88. The molecule has 0 atom stereocenters. The maximum absolute atomic E-state index is 5.13. The van der Waals surface area contributed by atoms with E-state index in [2.05, 4.69) is 180 Å². The van der Waals surface area contributed by atoms with Crippen LogP contribution in [-0.2, 0) is 29.7 Å². The van der Waals surface area contributed by atoms with Gasteiger partial charge in [0.15, 0.2) is 0 Å². The zero-order valence-electron chi connectivity index (χ0n) is 33.9. The van der Waals surface area contributed by atoms with E-state index in [4.69, 9.17) is 17.0 Å². The average molecular weight is 813 g/mol. The molecule has 0 heterocycles. The average Bonchev–Trinajstić information content (AvgIpc) is 3.71. The standard InChI is InChI=1S/C35H37.C5H5.2C4H9.CH2.2ClH.Zr/c1-22-9-13-24(14-10-22)30-18-26-17-27-19-31(25-15-11-23(2)12-16-25)33(35(6,7)8)21-29(27)28(26)20-32(30)34(3,4)5;1-2-4-5-3-1;2*1-4(2)3;;;;/h9-21H,1-8H3;1-5H;2*4H,1H2,2-3H3;1H2;2*1H;/q4*-1;;;;+2/p-2. The largest absolute Gasteiger partial charge is 0.214 e. The fourth-order valence-electron chi connectivity index (χ4n) is 5.61. The van der Waals surface area contributed by atoms with Gasteiger partial charge in [0.25, 0.3) is 0 Å². The van der Waals surface area contributed by atoms with Gasteiger partial charge < -0.3 is 13.8 Å². The van der Waals surface area contributed by atoms with Crippen molar-refractivity contribution in [1.29, 1.82) is 0 Å². The summed E-state index contributed by atoms with van der Waals surface area (Å²) in [5.74, 6) is 1.17. The Balaban J connectivity index is 0.000000457. The quantitative estimate of drug-likeness (QED) is 0.153.